The molecule has 0 saturated heterocycles. The fourth-order valence-corrected chi connectivity index (χ4v) is 2.16. The summed E-state index contributed by atoms with van der Waals surface area (Å²) in [5.41, 5.74) is 6.18. The van der Waals surface area contributed by atoms with E-state index in [4.69, 9.17) is 0 Å². The zero-order chi connectivity index (χ0) is 13.3. The second kappa shape index (κ2) is 5.07. The van der Waals surface area contributed by atoms with Gasteiger partial charge in [0.05, 0.1) is 5.52 Å². The molecule has 2 heteroatoms. The number of fused-ring (bicyclic) bond motifs is 1. The van der Waals surface area contributed by atoms with E-state index in [-0.39, 0.29) is 0 Å². The number of rotatable bonds is 3. The van der Waals surface area contributed by atoms with E-state index < -0.39 is 0 Å². The average Bonchev–Trinajstić information content (AvgIpc) is 2.28. The molecule has 0 fully saturated rings. The van der Waals surface area contributed by atoms with Crippen LogP contribution < -0.4 is 5.32 Å². The van der Waals surface area contributed by atoms with Gasteiger partial charge in [-0.05, 0) is 55.7 Å². The highest BCUT2D eigenvalue weighted by Crippen LogP contribution is 2.22. The van der Waals surface area contributed by atoms with E-state index in [1.165, 1.54) is 22.1 Å². The zero-order valence-corrected chi connectivity index (χ0v) is 12.0. The lowest BCUT2D eigenvalue weighted by Crippen LogP contribution is -2.22. The Kier molecular flexibility index (Phi) is 3.67. The molecule has 96 valence electrons. The van der Waals surface area contributed by atoms with Gasteiger partial charge < -0.3 is 5.32 Å². The van der Waals surface area contributed by atoms with Crippen molar-refractivity contribution in [1.29, 1.82) is 0 Å². The molecule has 0 spiro atoms. The Hall–Kier alpha value is -1.41. The summed E-state index contributed by atoms with van der Waals surface area (Å²) >= 11 is 0. The van der Waals surface area contributed by atoms with Crippen LogP contribution in [0.1, 0.15) is 36.2 Å². The first-order chi connectivity index (χ1) is 8.47. The van der Waals surface area contributed by atoms with Gasteiger partial charge in [0.1, 0.15) is 0 Å². The van der Waals surface area contributed by atoms with Gasteiger partial charge in [-0.1, -0.05) is 13.8 Å². The number of hydrogen-bond acceptors (Lipinski definition) is 2. The molecule has 0 saturated carbocycles. The van der Waals surface area contributed by atoms with Crippen molar-refractivity contribution < 1.29 is 0 Å². The predicted molar refractivity (Wildman–Crippen MR) is 77.9 cm³/mol. The highest BCUT2D eigenvalue weighted by molar-refractivity contribution is 5.84. The van der Waals surface area contributed by atoms with Crippen molar-refractivity contribution in [3.05, 3.63) is 40.6 Å². The first-order valence-electron chi connectivity index (χ1n) is 6.58. The number of benzene rings is 1. The van der Waals surface area contributed by atoms with Crippen molar-refractivity contribution in [3.8, 4) is 0 Å². The predicted octanol–water partition coefficient (Wildman–Crippen LogP) is 3.66. The van der Waals surface area contributed by atoms with E-state index in [0.29, 0.717) is 6.04 Å². The van der Waals surface area contributed by atoms with Gasteiger partial charge in [-0.3, -0.25) is 4.98 Å². The maximum atomic E-state index is 4.64. The summed E-state index contributed by atoms with van der Waals surface area (Å²) in [7, 11) is 0. The van der Waals surface area contributed by atoms with Crippen LogP contribution in [0.25, 0.3) is 10.9 Å². The fraction of sp³-hybridized carbons (Fsp3) is 0.438. The van der Waals surface area contributed by atoms with Crippen LogP contribution >= 0.6 is 0 Å². The lowest BCUT2D eigenvalue weighted by Gasteiger charge is -2.13. The molecule has 0 atom stereocenters. The summed E-state index contributed by atoms with van der Waals surface area (Å²) in [4.78, 5) is 4.64. The van der Waals surface area contributed by atoms with Crippen molar-refractivity contribution in [2.75, 3.05) is 0 Å². The Morgan fingerprint density at radius 3 is 2.39 bits per heavy atom. The summed E-state index contributed by atoms with van der Waals surface area (Å²) in [5, 5.41) is 4.76. The molecule has 0 aliphatic heterocycles. The van der Waals surface area contributed by atoms with Gasteiger partial charge in [0.25, 0.3) is 0 Å². The molecular weight excluding hydrogens is 220 g/mol. The minimum Gasteiger partial charge on any atom is -0.310 e. The second-order valence-corrected chi connectivity index (χ2v) is 5.41. The first kappa shape index (κ1) is 13.0. The molecule has 0 amide bonds. The molecule has 2 aromatic rings. The number of pyridine rings is 1. The van der Waals surface area contributed by atoms with Crippen molar-refractivity contribution in [3.63, 3.8) is 0 Å². The molecule has 0 aliphatic rings. The van der Waals surface area contributed by atoms with Crippen molar-refractivity contribution in [2.45, 2.75) is 47.2 Å². The molecule has 18 heavy (non-hydrogen) atoms. The van der Waals surface area contributed by atoms with Crippen LogP contribution in [0.3, 0.4) is 0 Å². The van der Waals surface area contributed by atoms with Crippen molar-refractivity contribution in [2.24, 2.45) is 0 Å². The molecule has 0 unspecified atom stereocenters. The molecule has 1 aromatic carbocycles. The second-order valence-electron chi connectivity index (χ2n) is 5.41. The average molecular weight is 242 g/mol. The third-order valence-corrected chi connectivity index (χ3v) is 3.34. The number of nitrogens with one attached hydrogen (secondary N) is 1. The van der Waals surface area contributed by atoms with Crippen LogP contribution in [0.2, 0.25) is 0 Å². The van der Waals surface area contributed by atoms with E-state index in [1.54, 1.807) is 0 Å². The minimum absolute atomic E-state index is 0.500. The number of aryl methyl sites for hydroxylation is 3. The Labute approximate surface area is 109 Å². The van der Waals surface area contributed by atoms with Crippen LogP contribution in [0.4, 0.5) is 0 Å². The topological polar surface area (TPSA) is 24.9 Å². The van der Waals surface area contributed by atoms with E-state index in [2.05, 4.69) is 63.1 Å². The van der Waals surface area contributed by atoms with E-state index in [1.807, 2.05) is 0 Å². The van der Waals surface area contributed by atoms with E-state index in [9.17, 15) is 0 Å². The first-order valence-corrected chi connectivity index (χ1v) is 6.58. The minimum atomic E-state index is 0.500. The smallest absolute Gasteiger partial charge is 0.0711 e. The van der Waals surface area contributed by atoms with Gasteiger partial charge in [-0.25, -0.2) is 0 Å². The van der Waals surface area contributed by atoms with Gasteiger partial charge in [0.2, 0.25) is 0 Å². The highest BCUT2D eigenvalue weighted by Gasteiger charge is 2.06. The Balaban J connectivity index is 2.53. The van der Waals surface area contributed by atoms with Crippen LogP contribution in [0.5, 0.6) is 0 Å². The Morgan fingerprint density at radius 1 is 1.06 bits per heavy atom. The van der Waals surface area contributed by atoms with Gasteiger partial charge in [-0.2, -0.15) is 0 Å². The molecule has 2 nitrogen and oxygen atoms in total. The highest BCUT2D eigenvalue weighted by atomic mass is 14.9. The molecule has 0 radical (unpaired) electrons. The third kappa shape index (κ3) is 2.70. The number of nitrogens with zero attached hydrogens (tertiary/aromatic N) is 1. The summed E-state index contributed by atoms with van der Waals surface area (Å²) in [5.74, 6) is 0. The molecule has 0 bridgehead atoms. The van der Waals surface area contributed by atoms with Gasteiger partial charge in [0, 0.05) is 23.7 Å². The normalized spacial score (nSPS) is 11.4. The maximum Gasteiger partial charge on any atom is 0.0711 e. The zero-order valence-electron chi connectivity index (χ0n) is 12.0. The van der Waals surface area contributed by atoms with Crippen LogP contribution in [0.15, 0.2) is 18.2 Å². The standard InChI is InChI=1S/C16H22N2/c1-10(2)17-9-14-8-13(5)18-16-7-12(4)11(3)6-15(14)16/h6-8,10,17H,9H2,1-5H3. The largest absolute Gasteiger partial charge is 0.310 e. The number of aromatic nitrogens is 1. The molecule has 1 heterocycles. The quantitative estimate of drug-likeness (QED) is 0.888. The monoisotopic (exact) mass is 242 g/mol. The SMILES string of the molecule is Cc1cc(CNC(C)C)c2cc(C)c(C)cc2n1. The Morgan fingerprint density at radius 2 is 1.72 bits per heavy atom. The molecule has 1 aromatic heterocycles. The van der Waals surface area contributed by atoms with E-state index in [0.717, 1.165) is 17.8 Å². The molecule has 2 rings (SSSR count). The van der Waals surface area contributed by atoms with Gasteiger partial charge in [0.15, 0.2) is 0 Å². The maximum absolute atomic E-state index is 4.64. The Bertz CT molecular complexity index is 571. The van der Waals surface area contributed by atoms with Crippen molar-refractivity contribution in [1.82, 2.24) is 10.3 Å². The lowest BCUT2D eigenvalue weighted by molar-refractivity contribution is 0.590. The van der Waals surface area contributed by atoms with Crippen LogP contribution in [-0.4, -0.2) is 11.0 Å². The van der Waals surface area contributed by atoms with Crippen LogP contribution in [0, 0.1) is 20.8 Å². The molecule has 0 aliphatic carbocycles. The van der Waals surface area contributed by atoms with Gasteiger partial charge >= 0.3 is 0 Å². The summed E-state index contributed by atoms with van der Waals surface area (Å²) in [6, 6.07) is 7.14. The van der Waals surface area contributed by atoms with Crippen LogP contribution in [-0.2, 0) is 6.54 Å². The summed E-state index contributed by atoms with van der Waals surface area (Å²) < 4.78 is 0. The lowest BCUT2D eigenvalue weighted by atomic mass is 10.0. The van der Waals surface area contributed by atoms with Gasteiger partial charge in [-0.15, -0.1) is 0 Å². The fourth-order valence-electron chi connectivity index (χ4n) is 2.16. The molecular formula is C16H22N2. The van der Waals surface area contributed by atoms with E-state index >= 15 is 0 Å². The summed E-state index contributed by atoms with van der Waals surface area (Å²) in [6.45, 7) is 11.6. The summed E-state index contributed by atoms with van der Waals surface area (Å²) in [6.07, 6.45) is 0. The third-order valence-electron chi connectivity index (χ3n) is 3.34. The number of hydrogen-bond donors (Lipinski definition) is 1. The molecule has 1 N–H and O–H groups in total. The van der Waals surface area contributed by atoms with Crippen molar-refractivity contribution >= 4 is 10.9 Å².